The summed E-state index contributed by atoms with van der Waals surface area (Å²) in [4.78, 5) is 14.2. The van der Waals surface area contributed by atoms with E-state index < -0.39 is 0 Å². The van der Waals surface area contributed by atoms with Crippen molar-refractivity contribution < 1.29 is 9.53 Å². The zero-order valence-electron chi connectivity index (χ0n) is 10.6. The third-order valence-electron chi connectivity index (χ3n) is 3.61. The van der Waals surface area contributed by atoms with Crippen molar-refractivity contribution in [2.75, 3.05) is 39.9 Å². The summed E-state index contributed by atoms with van der Waals surface area (Å²) in [5.41, 5.74) is 0. The van der Waals surface area contributed by atoms with E-state index in [-0.39, 0.29) is 11.9 Å². The number of ether oxygens (including phenoxy) is 1. The quantitative estimate of drug-likeness (QED) is 0.686. The van der Waals surface area contributed by atoms with Crippen LogP contribution in [0.15, 0.2) is 0 Å². The Morgan fingerprint density at radius 1 is 1.53 bits per heavy atom. The van der Waals surface area contributed by atoms with Crippen LogP contribution in [0, 0.1) is 0 Å². The molecule has 2 fully saturated rings. The van der Waals surface area contributed by atoms with Gasteiger partial charge in [-0.05, 0) is 25.8 Å². The average Bonchev–Trinajstić information content (AvgIpc) is 2.97. The number of hydrogen-bond acceptors (Lipinski definition) is 4. The summed E-state index contributed by atoms with van der Waals surface area (Å²) < 4.78 is 5.06. The summed E-state index contributed by atoms with van der Waals surface area (Å²) in [7, 11) is 1.72. The minimum atomic E-state index is 0.0445. The predicted molar refractivity (Wildman–Crippen MR) is 65.9 cm³/mol. The first-order valence-corrected chi connectivity index (χ1v) is 6.54. The molecule has 2 unspecified atom stereocenters. The van der Waals surface area contributed by atoms with Gasteiger partial charge in [-0.25, -0.2) is 0 Å². The molecule has 0 aliphatic carbocycles. The monoisotopic (exact) mass is 241 g/mol. The highest BCUT2D eigenvalue weighted by Crippen LogP contribution is 2.10. The van der Waals surface area contributed by atoms with Crippen LogP contribution in [-0.2, 0) is 9.53 Å². The maximum atomic E-state index is 11.9. The minimum absolute atomic E-state index is 0.0445. The van der Waals surface area contributed by atoms with Gasteiger partial charge >= 0.3 is 0 Å². The molecule has 5 nitrogen and oxygen atoms in total. The molecule has 2 heterocycles. The van der Waals surface area contributed by atoms with Gasteiger partial charge in [0.1, 0.15) is 0 Å². The van der Waals surface area contributed by atoms with Crippen molar-refractivity contribution in [1.82, 2.24) is 15.5 Å². The second-order valence-corrected chi connectivity index (χ2v) is 4.94. The molecule has 2 aliphatic rings. The van der Waals surface area contributed by atoms with E-state index in [0.717, 1.165) is 52.0 Å². The normalized spacial score (nSPS) is 29.7. The minimum Gasteiger partial charge on any atom is -0.383 e. The SMILES string of the molecule is COCCN1CCC(NC(=O)C2CCCN2)C1. The fourth-order valence-corrected chi connectivity index (χ4v) is 2.58. The molecule has 0 aromatic rings. The smallest absolute Gasteiger partial charge is 0.237 e. The van der Waals surface area contributed by atoms with E-state index in [1.165, 1.54) is 0 Å². The number of likely N-dealkylation sites (tertiary alicyclic amines) is 1. The molecule has 0 spiro atoms. The van der Waals surface area contributed by atoms with Gasteiger partial charge in [-0.3, -0.25) is 9.69 Å². The van der Waals surface area contributed by atoms with Gasteiger partial charge in [-0.15, -0.1) is 0 Å². The van der Waals surface area contributed by atoms with Crippen molar-refractivity contribution in [2.24, 2.45) is 0 Å². The molecule has 0 saturated carbocycles. The van der Waals surface area contributed by atoms with E-state index in [1.54, 1.807) is 7.11 Å². The number of nitrogens with one attached hydrogen (secondary N) is 2. The summed E-state index contributed by atoms with van der Waals surface area (Å²) in [6.07, 6.45) is 3.15. The van der Waals surface area contributed by atoms with Crippen LogP contribution in [-0.4, -0.2) is 62.8 Å². The van der Waals surface area contributed by atoms with Crippen molar-refractivity contribution in [3.05, 3.63) is 0 Å². The van der Waals surface area contributed by atoms with Gasteiger partial charge in [0.2, 0.25) is 5.91 Å². The third-order valence-corrected chi connectivity index (χ3v) is 3.61. The Morgan fingerprint density at radius 3 is 3.12 bits per heavy atom. The first kappa shape index (κ1) is 12.8. The van der Waals surface area contributed by atoms with Gasteiger partial charge in [-0.2, -0.15) is 0 Å². The topological polar surface area (TPSA) is 53.6 Å². The van der Waals surface area contributed by atoms with Crippen molar-refractivity contribution in [3.63, 3.8) is 0 Å². The lowest BCUT2D eigenvalue weighted by atomic mass is 10.2. The number of hydrogen-bond donors (Lipinski definition) is 2. The lowest BCUT2D eigenvalue weighted by molar-refractivity contribution is -0.123. The van der Waals surface area contributed by atoms with Gasteiger partial charge < -0.3 is 15.4 Å². The zero-order valence-corrected chi connectivity index (χ0v) is 10.6. The molecule has 0 bridgehead atoms. The molecule has 0 radical (unpaired) electrons. The van der Waals surface area contributed by atoms with E-state index in [1.807, 2.05) is 0 Å². The average molecular weight is 241 g/mol. The van der Waals surface area contributed by atoms with Crippen molar-refractivity contribution in [1.29, 1.82) is 0 Å². The number of rotatable bonds is 5. The molecule has 2 atom stereocenters. The highest BCUT2D eigenvalue weighted by Gasteiger charge is 2.27. The standard InChI is InChI=1S/C12H23N3O2/c1-17-8-7-15-6-4-10(9-15)14-12(16)11-3-2-5-13-11/h10-11,13H,2-9H2,1H3,(H,14,16). The molecule has 98 valence electrons. The highest BCUT2D eigenvalue weighted by atomic mass is 16.5. The van der Waals surface area contributed by atoms with Gasteiger partial charge in [-0.1, -0.05) is 0 Å². The summed E-state index contributed by atoms with van der Waals surface area (Å²) in [5, 5.41) is 6.37. The fourth-order valence-electron chi connectivity index (χ4n) is 2.58. The van der Waals surface area contributed by atoms with E-state index in [2.05, 4.69) is 15.5 Å². The van der Waals surface area contributed by atoms with Crippen LogP contribution in [0.1, 0.15) is 19.3 Å². The Kier molecular flexibility index (Phi) is 4.76. The molecule has 0 aromatic heterocycles. The van der Waals surface area contributed by atoms with Gasteiger partial charge in [0.25, 0.3) is 0 Å². The third kappa shape index (κ3) is 3.66. The highest BCUT2D eigenvalue weighted by molar-refractivity contribution is 5.82. The van der Waals surface area contributed by atoms with Crippen molar-refractivity contribution in [3.8, 4) is 0 Å². The van der Waals surface area contributed by atoms with Gasteiger partial charge in [0.05, 0.1) is 12.6 Å². The first-order chi connectivity index (χ1) is 8.29. The van der Waals surface area contributed by atoms with Gasteiger partial charge in [0.15, 0.2) is 0 Å². The largest absolute Gasteiger partial charge is 0.383 e. The van der Waals surface area contributed by atoms with E-state index in [9.17, 15) is 4.79 Å². The summed E-state index contributed by atoms with van der Waals surface area (Å²) in [5.74, 6) is 0.182. The Labute approximate surface area is 103 Å². The van der Waals surface area contributed by atoms with Crippen LogP contribution in [0.5, 0.6) is 0 Å². The number of carbonyl (C=O) groups excluding carboxylic acids is 1. The lowest BCUT2D eigenvalue weighted by Gasteiger charge is -2.18. The molecule has 5 heteroatoms. The predicted octanol–water partition coefficient (Wildman–Crippen LogP) is -0.425. The Morgan fingerprint density at radius 2 is 2.41 bits per heavy atom. The first-order valence-electron chi connectivity index (χ1n) is 6.54. The lowest BCUT2D eigenvalue weighted by Crippen LogP contribution is -2.46. The molecule has 17 heavy (non-hydrogen) atoms. The maximum Gasteiger partial charge on any atom is 0.237 e. The summed E-state index contributed by atoms with van der Waals surface area (Å²) >= 11 is 0. The second-order valence-electron chi connectivity index (χ2n) is 4.94. The Balaban J connectivity index is 1.68. The van der Waals surface area contributed by atoms with Crippen LogP contribution >= 0.6 is 0 Å². The van der Waals surface area contributed by atoms with Crippen molar-refractivity contribution in [2.45, 2.75) is 31.3 Å². The van der Waals surface area contributed by atoms with Crippen LogP contribution in [0.4, 0.5) is 0 Å². The van der Waals surface area contributed by atoms with Gasteiger partial charge in [0, 0.05) is 32.8 Å². The summed E-state index contributed by atoms with van der Waals surface area (Å²) in [6, 6.07) is 0.366. The molecule has 2 aliphatic heterocycles. The van der Waals surface area contributed by atoms with Crippen LogP contribution in [0.3, 0.4) is 0 Å². The molecule has 2 rings (SSSR count). The maximum absolute atomic E-state index is 11.9. The number of carbonyl (C=O) groups is 1. The van der Waals surface area contributed by atoms with Crippen LogP contribution < -0.4 is 10.6 Å². The molecule has 2 N–H and O–H groups in total. The summed E-state index contributed by atoms with van der Waals surface area (Å²) in [6.45, 7) is 4.73. The van der Waals surface area contributed by atoms with Crippen LogP contribution in [0.25, 0.3) is 0 Å². The molecule has 1 amide bonds. The molecule has 2 saturated heterocycles. The number of methoxy groups -OCH3 is 1. The fraction of sp³-hybridized carbons (Fsp3) is 0.917. The molecular weight excluding hydrogens is 218 g/mol. The number of nitrogens with zero attached hydrogens (tertiary/aromatic N) is 1. The number of amides is 1. The second kappa shape index (κ2) is 6.33. The molecule has 0 aromatic carbocycles. The van der Waals surface area contributed by atoms with Crippen LogP contribution in [0.2, 0.25) is 0 Å². The Bertz CT molecular complexity index is 254. The molecular formula is C12H23N3O2. The Hall–Kier alpha value is -0.650. The van der Waals surface area contributed by atoms with E-state index in [0.29, 0.717) is 6.04 Å². The zero-order chi connectivity index (χ0) is 12.1. The van der Waals surface area contributed by atoms with E-state index in [4.69, 9.17) is 4.74 Å². The van der Waals surface area contributed by atoms with Crippen molar-refractivity contribution >= 4 is 5.91 Å². The van der Waals surface area contributed by atoms with E-state index >= 15 is 0 Å².